The molecule has 0 aliphatic carbocycles. The molecule has 2 aromatic heterocycles. The highest BCUT2D eigenvalue weighted by Gasteiger charge is 1.94. The average Bonchev–Trinajstić information content (AvgIpc) is 2.41. The van der Waals surface area contributed by atoms with Gasteiger partial charge in [0.05, 0.1) is 13.2 Å². The van der Waals surface area contributed by atoms with Crippen molar-refractivity contribution in [1.82, 2.24) is 9.97 Å². The van der Waals surface area contributed by atoms with Crippen LogP contribution in [0.3, 0.4) is 0 Å². The minimum Gasteiger partial charge on any atom is -0.493 e. The summed E-state index contributed by atoms with van der Waals surface area (Å²) >= 11 is 0. The van der Waals surface area contributed by atoms with E-state index in [0.29, 0.717) is 13.2 Å². The van der Waals surface area contributed by atoms with Crippen molar-refractivity contribution in [2.24, 2.45) is 0 Å². The van der Waals surface area contributed by atoms with Crippen LogP contribution in [-0.2, 0) is 0 Å². The molecule has 0 fully saturated rings. The standard InChI is InChI=1S/C13H14N2O2/c1(10-16-12-2-6-14-7-3-12)11-17-13-4-8-15-9-5-13/h2-9H,1,10-11H2. The van der Waals surface area contributed by atoms with Crippen molar-refractivity contribution in [2.45, 2.75) is 6.42 Å². The van der Waals surface area contributed by atoms with Crippen LogP contribution in [0.1, 0.15) is 6.42 Å². The summed E-state index contributed by atoms with van der Waals surface area (Å²) in [7, 11) is 0. The SMILES string of the molecule is c1cc(OCCCOc2ccncc2)ccn1. The Morgan fingerprint density at radius 1 is 0.706 bits per heavy atom. The van der Waals surface area contributed by atoms with Gasteiger partial charge in [0.25, 0.3) is 0 Å². The van der Waals surface area contributed by atoms with Crippen molar-refractivity contribution in [2.75, 3.05) is 13.2 Å². The summed E-state index contributed by atoms with van der Waals surface area (Å²) in [5.74, 6) is 1.67. The third-order valence-corrected chi connectivity index (χ3v) is 2.13. The molecule has 0 aliphatic heterocycles. The molecule has 0 unspecified atom stereocenters. The van der Waals surface area contributed by atoms with E-state index in [2.05, 4.69) is 9.97 Å². The highest BCUT2D eigenvalue weighted by Crippen LogP contribution is 2.08. The summed E-state index contributed by atoms with van der Waals surface area (Å²) in [5.41, 5.74) is 0. The number of aromatic nitrogens is 2. The van der Waals surface area contributed by atoms with E-state index < -0.39 is 0 Å². The highest BCUT2D eigenvalue weighted by atomic mass is 16.5. The number of nitrogens with zero attached hydrogens (tertiary/aromatic N) is 2. The largest absolute Gasteiger partial charge is 0.493 e. The molecular formula is C13H14N2O2. The molecule has 88 valence electrons. The van der Waals surface area contributed by atoms with E-state index in [1.807, 2.05) is 24.3 Å². The third-order valence-electron chi connectivity index (χ3n) is 2.13. The minimum absolute atomic E-state index is 0.634. The molecule has 0 atom stereocenters. The third kappa shape index (κ3) is 4.10. The van der Waals surface area contributed by atoms with E-state index in [9.17, 15) is 0 Å². The molecule has 0 aromatic carbocycles. The molecule has 0 radical (unpaired) electrons. The zero-order valence-electron chi connectivity index (χ0n) is 9.45. The maximum absolute atomic E-state index is 5.51. The van der Waals surface area contributed by atoms with Gasteiger partial charge >= 0.3 is 0 Å². The molecule has 0 saturated heterocycles. The Labute approximate surface area is 100 Å². The van der Waals surface area contributed by atoms with Gasteiger partial charge in [-0.3, -0.25) is 9.97 Å². The summed E-state index contributed by atoms with van der Waals surface area (Å²) in [4.78, 5) is 7.84. The van der Waals surface area contributed by atoms with Crippen LogP contribution < -0.4 is 9.47 Å². The van der Waals surface area contributed by atoms with Gasteiger partial charge in [-0.15, -0.1) is 0 Å². The molecule has 2 heterocycles. The van der Waals surface area contributed by atoms with Crippen molar-refractivity contribution in [3.63, 3.8) is 0 Å². The number of rotatable bonds is 6. The Hall–Kier alpha value is -2.10. The van der Waals surface area contributed by atoms with E-state index in [-0.39, 0.29) is 0 Å². The first-order valence-corrected chi connectivity index (χ1v) is 5.51. The molecule has 0 amide bonds. The zero-order valence-corrected chi connectivity index (χ0v) is 9.45. The van der Waals surface area contributed by atoms with Gasteiger partial charge in [0, 0.05) is 31.2 Å². The monoisotopic (exact) mass is 230 g/mol. The van der Waals surface area contributed by atoms with Crippen LogP contribution in [0.15, 0.2) is 49.1 Å². The Balaban J connectivity index is 1.61. The predicted octanol–water partition coefficient (Wildman–Crippen LogP) is 2.32. The summed E-state index contributed by atoms with van der Waals surface area (Å²) in [5, 5.41) is 0. The highest BCUT2D eigenvalue weighted by molar-refractivity contribution is 5.17. The van der Waals surface area contributed by atoms with Gasteiger partial charge in [0.2, 0.25) is 0 Å². The van der Waals surface area contributed by atoms with Crippen LogP contribution in [0.25, 0.3) is 0 Å². The van der Waals surface area contributed by atoms with Gasteiger partial charge in [-0.25, -0.2) is 0 Å². The molecule has 0 saturated carbocycles. The number of ether oxygens (including phenoxy) is 2. The summed E-state index contributed by atoms with van der Waals surface area (Å²) in [6, 6.07) is 7.35. The van der Waals surface area contributed by atoms with Crippen LogP contribution in [0.2, 0.25) is 0 Å². The molecule has 0 bridgehead atoms. The van der Waals surface area contributed by atoms with Crippen molar-refractivity contribution < 1.29 is 9.47 Å². The Bertz CT molecular complexity index is 378. The van der Waals surface area contributed by atoms with Gasteiger partial charge in [-0.05, 0) is 24.3 Å². The van der Waals surface area contributed by atoms with Crippen molar-refractivity contribution in [3.8, 4) is 11.5 Å². The molecule has 0 aliphatic rings. The molecular weight excluding hydrogens is 216 g/mol. The van der Waals surface area contributed by atoms with Gasteiger partial charge in [-0.1, -0.05) is 0 Å². The van der Waals surface area contributed by atoms with Crippen molar-refractivity contribution in [1.29, 1.82) is 0 Å². The van der Waals surface area contributed by atoms with Crippen LogP contribution >= 0.6 is 0 Å². The topological polar surface area (TPSA) is 44.2 Å². The van der Waals surface area contributed by atoms with E-state index in [1.54, 1.807) is 24.8 Å². The minimum atomic E-state index is 0.634. The Kier molecular flexibility index (Phi) is 4.34. The Morgan fingerprint density at radius 2 is 1.12 bits per heavy atom. The molecule has 2 rings (SSSR count). The number of hydrogen-bond donors (Lipinski definition) is 0. The molecule has 2 aromatic rings. The van der Waals surface area contributed by atoms with Gasteiger partial charge in [-0.2, -0.15) is 0 Å². The molecule has 0 N–H and O–H groups in total. The second kappa shape index (κ2) is 6.48. The fourth-order valence-corrected chi connectivity index (χ4v) is 1.31. The fourth-order valence-electron chi connectivity index (χ4n) is 1.31. The van der Waals surface area contributed by atoms with E-state index in [4.69, 9.17) is 9.47 Å². The fraction of sp³-hybridized carbons (Fsp3) is 0.231. The molecule has 17 heavy (non-hydrogen) atoms. The van der Waals surface area contributed by atoms with Crippen LogP contribution in [0.5, 0.6) is 11.5 Å². The first-order valence-electron chi connectivity index (χ1n) is 5.51. The first-order chi connectivity index (χ1) is 8.45. The second-order valence-electron chi connectivity index (χ2n) is 3.42. The second-order valence-corrected chi connectivity index (χ2v) is 3.42. The molecule has 0 spiro atoms. The quantitative estimate of drug-likeness (QED) is 0.714. The smallest absolute Gasteiger partial charge is 0.122 e. The van der Waals surface area contributed by atoms with E-state index >= 15 is 0 Å². The van der Waals surface area contributed by atoms with E-state index in [0.717, 1.165) is 17.9 Å². The van der Waals surface area contributed by atoms with Gasteiger partial charge < -0.3 is 9.47 Å². The lowest BCUT2D eigenvalue weighted by Gasteiger charge is -2.07. The lowest BCUT2D eigenvalue weighted by atomic mass is 10.4. The van der Waals surface area contributed by atoms with Crippen LogP contribution in [-0.4, -0.2) is 23.2 Å². The van der Waals surface area contributed by atoms with Crippen molar-refractivity contribution in [3.05, 3.63) is 49.1 Å². The lowest BCUT2D eigenvalue weighted by Crippen LogP contribution is -2.04. The van der Waals surface area contributed by atoms with Gasteiger partial charge in [0.15, 0.2) is 0 Å². The number of hydrogen-bond acceptors (Lipinski definition) is 4. The zero-order chi connectivity index (χ0) is 11.8. The van der Waals surface area contributed by atoms with E-state index in [1.165, 1.54) is 0 Å². The molecule has 4 nitrogen and oxygen atoms in total. The average molecular weight is 230 g/mol. The summed E-state index contributed by atoms with van der Waals surface area (Å²) < 4.78 is 11.0. The molecule has 4 heteroatoms. The maximum Gasteiger partial charge on any atom is 0.122 e. The van der Waals surface area contributed by atoms with Crippen LogP contribution in [0, 0.1) is 0 Å². The summed E-state index contributed by atoms with van der Waals surface area (Å²) in [6.45, 7) is 1.27. The van der Waals surface area contributed by atoms with Crippen LogP contribution in [0.4, 0.5) is 0 Å². The van der Waals surface area contributed by atoms with Crippen molar-refractivity contribution >= 4 is 0 Å². The number of pyridine rings is 2. The lowest BCUT2D eigenvalue weighted by molar-refractivity contribution is 0.247. The Morgan fingerprint density at radius 3 is 1.53 bits per heavy atom. The normalized spacial score (nSPS) is 9.88. The maximum atomic E-state index is 5.51. The summed E-state index contributed by atoms with van der Waals surface area (Å²) in [6.07, 6.45) is 7.68. The predicted molar refractivity (Wildman–Crippen MR) is 64.1 cm³/mol. The first kappa shape index (κ1) is 11.4. The van der Waals surface area contributed by atoms with Gasteiger partial charge in [0.1, 0.15) is 11.5 Å².